The molecule has 0 radical (unpaired) electrons. The molecule has 6 nitrogen and oxygen atoms in total. The van der Waals surface area contributed by atoms with E-state index < -0.39 is 11.8 Å². The summed E-state index contributed by atoms with van der Waals surface area (Å²) in [4.78, 5) is 26.3. The summed E-state index contributed by atoms with van der Waals surface area (Å²) in [5, 5.41) is 14.8. The molecule has 0 spiro atoms. The maximum Gasteiger partial charge on any atom is 0.313 e. The monoisotopic (exact) mass is 347 g/mol. The molecule has 0 unspecified atom stereocenters. The molecule has 1 aromatic carbocycles. The number of hydrogen-bond acceptors (Lipinski definition) is 4. The SMILES string of the molecule is CC(C)c1ccccc1NC(=O)C(=O)NCCCN1CCC(O)CC1. The van der Waals surface area contributed by atoms with Crippen LogP contribution in [-0.4, -0.2) is 54.1 Å². The molecule has 0 saturated carbocycles. The van der Waals surface area contributed by atoms with Gasteiger partial charge in [0.1, 0.15) is 0 Å². The van der Waals surface area contributed by atoms with Gasteiger partial charge in [-0.15, -0.1) is 0 Å². The summed E-state index contributed by atoms with van der Waals surface area (Å²) in [6.45, 7) is 7.21. The highest BCUT2D eigenvalue weighted by Crippen LogP contribution is 2.23. The van der Waals surface area contributed by atoms with Gasteiger partial charge in [-0.05, 0) is 43.4 Å². The van der Waals surface area contributed by atoms with Crippen LogP contribution in [0, 0.1) is 0 Å². The number of amides is 2. The standard InChI is InChI=1S/C19H29N3O3/c1-14(2)16-6-3-4-7-17(16)21-19(25)18(24)20-10-5-11-22-12-8-15(23)9-13-22/h3-4,6-7,14-15,23H,5,8-13H2,1-2H3,(H,20,24)(H,21,25). The van der Waals surface area contributed by atoms with E-state index in [-0.39, 0.29) is 12.0 Å². The van der Waals surface area contributed by atoms with Crippen LogP contribution in [-0.2, 0) is 9.59 Å². The van der Waals surface area contributed by atoms with Gasteiger partial charge in [0.2, 0.25) is 0 Å². The summed E-state index contributed by atoms with van der Waals surface area (Å²) < 4.78 is 0. The first-order valence-corrected chi connectivity index (χ1v) is 9.06. The Morgan fingerprint density at radius 1 is 1.20 bits per heavy atom. The van der Waals surface area contributed by atoms with Crippen LogP contribution in [0.1, 0.15) is 44.6 Å². The van der Waals surface area contributed by atoms with Crippen LogP contribution in [0.25, 0.3) is 0 Å². The minimum absolute atomic E-state index is 0.173. The van der Waals surface area contributed by atoms with Crippen LogP contribution in [0.3, 0.4) is 0 Å². The number of benzene rings is 1. The maximum atomic E-state index is 12.1. The molecule has 3 N–H and O–H groups in total. The van der Waals surface area contributed by atoms with Gasteiger partial charge in [0.05, 0.1) is 6.10 Å². The second kappa shape index (κ2) is 9.53. The van der Waals surface area contributed by atoms with Gasteiger partial charge in [0.25, 0.3) is 0 Å². The van der Waals surface area contributed by atoms with E-state index in [1.54, 1.807) is 0 Å². The topological polar surface area (TPSA) is 81.7 Å². The number of carbonyl (C=O) groups excluding carboxylic acids is 2. The van der Waals surface area contributed by atoms with Gasteiger partial charge in [0, 0.05) is 25.3 Å². The third-order valence-corrected chi connectivity index (χ3v) is 4.53. The number of piperidine rings is 1. The van der Waals surface area contributed by atoms with Crippen molar-refractivity contribution >= 4 is 17.5 Å². The highest BCUT2D eigenvalue weighted by molar-refractivity contribution is 6.39. The van der Waals surface area contributed by atoms with E-state index in [0.29, 0.717) is 12.2 Å². The molecule has 2 amide bonds. The zero-order chi connectivity index (χ0) is 18.2. The lowest BCUT2D eigenvalue weighted by Crippen LogP contribution is -2.39. The fourth-order valence-electron chi connectivity index (χ4n) is 3.02. The number of anilines is 1. The van der Waals surface area contributed by atoms with Crippen LogP contribution in [0.4, 0.5) is 5.69 Å². The number of likely N-dealkylation sites (tertiary alicyclic amines) is 1. The molecule has 138 valence electrons. The van der Waals surface area contributed by atoms with E-state index >= 15 is 0 Å². The summed E-state index contributed by atoms with van der Waals surface area (Å²) >= 11 is 0. The third kappa shape index (κ3) is 6.14. The van der Waals surface area contributed by atoms with Crippen molar-refractivity contribution in [3.8, 4) is 0 Å². The Bertz CT molecular complexity index is 581. The molecule has 1 aromatic rings. The lowest BCUT2D eigenvalue weighted by atomic mass is 10.0. The zero-order valence-corrected chi connectivity index (χ0v) is 15.1. The van der Waals surface area contributed by atoms with E-state index in [2.05, 4.69) is 15.5 Å². The van der Waals surface area contributed by atoms with Crippen LogP contribution in [0.5, 0.6) is 0 Å². The molecule has 0 aromatic heterocycles. The maximum absolute atomic E-state index is 12.1. The molecule has 2 rings (SSSR count). The minimum atomic E-state index is -0.630. The summed E-state index contributed by atoms with van der Waals surface area (Å²) in [6, 6.07) is 7.53. The molecular weight excluding hydrogens is 318 g/mol. The highest BCUT2D eigenvalue weighted by Gasteiger charge is 2.18. The van der Waals surface area contributed by atoms with Crippen LogP contribution < -0.4 is 10.6 Å². The van der Waals surface area contributed by atoms with Crippen molar-refractivity contribution in [2.75, 3.05) is 31.5 Å². The van der Waals surface area contributed by atoms with Crippen molar-refractivity contribution in [2.24, 2.45) is 0 Å². The second-order valence-corrected chi connectivity index (χ2v) is 6.88. The number of nitrogens with one attached hydrogen (secondary N) is 2. The van der Waals surface area contributed by atoms with Gasteiger partial charge in [-0.1, -0.05) is 32.0 Å². The van der Waals surface area contributed by atoms with E-state index in [9.17, 15) is 14.7 Å². The van der Waals surface area contributed by atoms with Crippen molar-refractivity contribution < 1.29 is 14.7 Å². The van der Waals surface area contributed by atoms with Crippen molar-refractivity contribution in [2.45, 2.75) is 45.1 Å². The lowest BCUT2D eigenvalue weighted by Gasteiger charge is -2.29. The first-order chi connectivity index (χ1) is 12.0. The van der Waals surface area contributed by atoms with Gasteiger partial charge in [-0.25, -0.2) is 0 Å². The van der Waals surface area contributed by atoms with Gasteiger partial charge in [-0.2, -0.15) is 0 Å². The summed E-state index contributed by atoms with van der Waals surface area (Å²) in [7, 11) is 0. The molecule has 0 bridgehead atoms. The van der Waals surface area contributed by atoms with Crippen molar-refractivity contribution in [3.63, 3.8) is 0 Å². The first kappa shape index (κ1) is 19.4. The Kier molecular flexibility index (Phi) is 7.40. The molecule has 1 saturated heterocycles. The van der Waals surface area contributed by atoms with Crippen LogP contribution in [0.2, 0.25) is 0 Å². The Morgan fingerprint density at radius 2 is 1.88 bits per heavy atom. The number of rotatable bonds is 6. The Hall–Kier alpha value is -1.92. The van der Waals surface area contributed by atoms with Crippen LogP contribution >= 0.6 is 0 Å². The average molecular weight is 347 g/mol. The number of aliphatic hydroxyl groups is 1. The summed E-state index contributed by atoms with van der Waals surface area (Å²) in [6.07, 6.45) is 2.24. The van der Waals surface area contributed by atoms with Gasteiger partial charge in [-0.3, -0.25) is 9.59 Å². The van der Waals surface area contributed by atoms with Crippen molar-refractivity contribution in [1.29, 1.82) is 0 Å². The van der Waals surface area contributed by atoms with E-state index in [0.717, 1.165) is 44.5 Å². The normalized spacial score (nSPS) is 16.0. The fraction of sp³-hybridized carbons (Fsp3) is 0.579. The number of nitrogens with zero attached hydrogens (tertiary/aromatic N) is 1. The van der Waals surface area contributed by atoms with E-state index in [4.69, 9.17) is 0 Å². The quantitative estimate of drug-likeness (QED) is 0.540. The van der Waals surface area contributed by atoms with E-state index in [1.807, 2.05) is 38.1 Å². The molecule has 0 aliphatic carbocycles. The molecule has 1 fully saturated rings. The molecular formula is C19H29N3O3. The second-order valence-electron chi connectivity index (χ2n) is 6.88. The average Bonchev–Trinajstić information content (AvgIpc) is 2.60. The number of para-hydroxylation sites is 1. The van der Waals surface area contributed by atoms with Crippen LogP contribution in [0.15, 0.2) is 24.3 Å². The van der Waals surface area contributed by atoms with Gasteiger partial charge in [0.15, 0.2) is 0 Å². The lowest BCUT2D eigenvalue weighted by molar-refractivity contribution is -0.136. The Balaban J connectivity index is 1.71. The number of aliphatic hydroxyl groups excluding tert-OH is 1. The highest BCUT2D eigenvalue weighted by atomic mass is 16.3. The smallest absolute Gasteiger partial charge is 0.313 e. The molecule has 1 aliphatic heterocycles. The van der Waals surface area contributed by atoms with Crippen molar-refractivity contribution in [3.05, 3.63) is 29.8 Å². The number of hydrogen-bond donors (Lipinski definition) is 3. The van der Waals surface area contributed by atoms with E-state index in [1.165, 1.54) is 0 Å². The Labute approximate surface area is 149 Å². The fourth-order valence-corrected chi connectivity index (χ4v) is 3.02. The molecule has 1 aliphatic rings. The van der Waals surface area contributed by atoms with Gasteiger partial charge < -0.3 is 20.6 Å². The first-order valence-electron chi connectivity index (χ1n) is 9.06. The summed E-state index contributed by atoms with van der Waals surface area (Å²) in [5.41, 5.74) is 1.69. The Morgan fingerprint density at radius 3 is 2.56 bits per heavy atom. The van der Waals surface area contributed by atoms with Crippen molar-refractivity contribution in [1.82, 2.24) is 10.2 Å². The predicted molar refractivity (Wildman–Crippen MR) is 98.5 cm³/mol. The molecule has 0 atom stereocenters. The third-order valence-electron chi connectivity index (χ3n) is 4.53. The zero-order valence-electron chi connectivity index (χ0n) is 15.1. The van der Waals surface area contributed by atoms with Gasteiger partial charge >= 0.3 is 11.8 Å². The molecule has 6 heteroatoms. The summed E-state index contributed by atoms with van der Waals surface area (Å²) in [5.74, 6) is -0.968. The minimum Gasteiger partial charge on any atom is -0.393 e. The largest absolute Gasteiger partial charge is 0.393 e. The molecule has 25 heavy (non-hydrogen) atoms. The predicted octanol–water partition coefficient (Wildman–Crippen LogP) is 1.71. The number of carbonyl (C=O) groups is 2. The molecule has 1 heterocycles.